The molecule has 1 fully saturated rings. The molecule has 1 aliphatic rings. The van der Waals surface area contributed by atoms with E-state index in [2.05, 4.69) is 5.32 Å². The van der Waals surface area contributed by atoms with E-state index in [1.165, 1.54) is 12.1 Å². The number of rotatable bonds is 5. The van der Waals surface area contributed by atoms with E-state index in [4.69, 9.17) is 0 Å². The van der Waals surface area contributed by atoms with Gasteiger partial charge in [0.1, 0.15) is 5.82 Å². The summed E-state index contributed by atoms with van der Waals surface area (Å²) >= 11 is 0. The van der Waals surface area contributed by atoms with Crippen molar-refractivity contribution in [2.75, 3.05) is 33.7 Å². The molecular formula is C18H26FN3O2. The smallest absolute Gasteiger partial charge is 0.319 e. The normalized spacial score (nSPS) is 17.5. The van der Waals surface area contributed by atoms with Crippen molar-refractivity contribution in [2.24, 2.45) is 5.92 Å². The molecule has 1 heterocycles. The lowest BCUT2D eigenvalue weighted by molar-refractivity contribution is -0.126. The highest BCUT2D eigenvalue weighted by atomic mass is 19.1. The zero-order valence-electron chi connectivity index (χ0n) is 14.4. The van der Waals surface area contributed by atoms with Gasteiger partial charge in [-0.1, -0.05) is 12.1 Å². The number of carbonyl (C=O) groups is 2. The Morgan fingerprint density at radius 1 is 1.29 bits per heavy atom. The minimum atomic E-state index is -0.235. The predicted molar refractivity (Wildman–Crippen MR) is 91.1 cm³/mol. The number of aryl methyl sites for hydroxylation is 1. The van der Waals surface area contributed by atoms with Gasteiger partial charge in [0.2, 0.25) is 5.91 Å². The first kappa shape index (κ1) is 18.2. The number of halogens is 1. The van der Waals surface area contributed by atoms with E-state index in [-0.39, 0.29) is 23.7 Å². The maximum Gasteiger partial charge on any atom is 0.319 e. The molecule has 1 aromatic carbocycles. The van der Waals surface area contributed by atoms with Gasteiger partial charge in [0.15, 0.2) is 0 Å². The third-order valence-electron chi connectivity index (χ3n) is 4.30. The lowest BCUT2D eigenvalue weighted by Crippen LogP contribution is -2.48. The van der Waals surface area contributed by atoms with Gasteiger partial charge >= 0.3 is 6.03 Å². The second-order valence-corrected chi connectivity index (χ2v) is 6.48. The third kappa shape index (κ3) is 5.22. The Bertz CT molecular complexity index is 560. The van der Waals surface area contributed by atoms with Crippen molar-refractivity contribution < 1.29 is 14.0 Å². The van der Waals surface area contributed by atoms with Gasteiger partial charge in [0.05, 0.1) is 5.92 Å². The summed E-state index contributed by atoms with van der Waals surface area (Å²) in [7, 11) is 3.45. The number of hydrogen-bond acceptors (Lipinski definition) is 2. The molecule has 6 heteroatoms. The number of nitrogens with one attached hydrogen (secondary N) is 1. The fourth-order valence-corrected chi connectivity index (χ4v) is 2.95. The molecule has 132 valence electrons. The molecule has 1 aromatic rings. The zero-order valence-corrected chi connectivity index (χ0v) is 14.4. The Labute approximate surface area is 142 Å². The lowest BCUT2D eigenvalue weighted by atomic mass is 9.97. The van der Waals surface area contributed by atoms with Crippen LogP contribution in [0.2, 0.25) is 0 Å². The van der Waals surface area contributed by atoms with E-state index < -0.39 is 0 Å². The summed E-state index contributed by atoms with van der Waals surface area (Å²) in [6.45, 7) is 1.79. The van der Waals surface area contributed by atoms with Gasteiger partial charge in [-0.15, -0.1) is 0 Å². The number of amides is 3. The first-order valence-corrected chi connectivity index (χ1v) is 8.45. The molecule has 3 amide bonds. The number of likely N-dealkylation sites (tertiary alicyclic amines) is 1. The van der Waals surface area contributed by atoms with Crippen LogP contribution < -0.4 is 5.32 Å². The van der Waals surface area contributed by atoms with Crippen LogP contribution in [0.5, 0.6) is 0 Å². The van der Waals surface area contributed by atoms with Gasteiger partial charge in [-0.3, -0.25) is 4.79 Å². The van der Waals surface area contributed by atoms with E-state index in [1.54, 1.807) is 36.0 Å². The highest BCUT2D eigenvalue weighted by Gasteiger charge is 2.28. The number of urea groups is 1. The SMILES string of the molecule is CN(C)C(=O)N1CCC[C@H](C(=O)NCCCc2ccc(F)cc2)C1. The highest BCUT2D eigenvalue weighted by Crippen LogP contribution is 2.17. The zero-order chi connectivity index (χ0) is 17.5. The van der Waals surface area contributed by atoms with Crippen molar-refractivity contribution in [3.63, 3.8) is 0 Å². The molecule has 0 radical (unpaired) electrons. The van der Waals surface area contributed by atoms with Crippen LogP contribution in [0, 0.1) is 11.7 Å². The summed E-state index contributed by atoms with van der Waals surface area (Å²) in [6.07, 6.45) is 3.29. The summed E-state index contributed by atoms with van der Waals surface area (Å²) in [4.78, 5) is 27.6. The van der Waals surface area contributed by atoms with Crippen molar-refractivity contribution in [1.29, 1.82) is 0 Å². The molecule has 1 N–H and O–H groups in total. The highest BCUT2D eigenvalue weighted by molar-refractivity contribution is 5.80. The number of benzene rings is 1. The van der Waals surface area contributed by atoms with Gasteiger partial charge in [0, 0.05) is 33.7 Å². The maximum absolute atomic E-state index is 12.8. The van der Waals surface area contributed by atoms with Crippen LogP contribution in [-0.2, 0) is 11.2 Å². The van der Waals surface area contributed by atoms with E-state index >= 15 is 0 Å². The second kappa shape index (κ2) is 8.66. The number of piperidine rings is 1. The minimum Gasteiger partial charge on any atom is -0.356 e. The van der Waals surface area contributed by atoms with Crippen LogP contribution in [0.25, 0.3) is 0 Å². The third-order valence-corrected chi connectivity index (χ3v) is 4.30. The molecule has 0 aliphatic carbocycles. The average molecular weight is 335 g/mol. The minimum absolute atomic E-state index is 0.0189. The van der Waals surface area contributed by atoms with Crippen LogP contribution in [0.15, 0.2) is 24.3 Å². The fourth-order valence-electron chi connectivity index (χ4n) is 2.95. The second-order valence-electron chi connectivity index (χ2n) is 6.48. The molecule has 1 saturated heterocycles. The van der Waals surface area contributed by atoms with Crippen molar-refractivity contribution in [1.82, 2.24) is 15.1 Å². The van der Waals surface area contributed by atoms with Gasteiger partial charge in [0.25, 0.3) is 0 Å². The van der Waals surface area contributed by atoms with Gasteiger partial charge < -0.3 is 15.1 Å². The summed E-state index contributed by atoms with van der Waals surface area (Å²) in [6, 6.07) is 6.40. The average Bonchev–Trinajstić information content (AvgIpc) is 2.59. The Kier molecular flexibility index (Phi) is 6.58. The van der Waals surface area contributed by atoms with Gasteiger partial charge in [-0.2, -0.15) is 0 Å². The first-order chi connectivity index (χ1) is 11.5. The molecule has 0 spiro atoms. The summed E-state index contributed by atoms with van der Waals surface area (Å²) in [5.41, 5.74) is 1.06. The van der Waals surface area contributed by atoms with E-state index in [0.29, 0.717) is 19.6 Å². The van der Waals surface area contributed by atoms with E-state index in [9.17, 15) is 14.0 Å². The Hall–Kier alpha value is -2.11. The fraction of sp³-hybridized carbons (Fsp3) is 0.556. The first-order valence-electron chi connectivity index (χ1n) is 8.45. The Morgan fingerprint density at radius 2 is 2.00 bits per heavy atom. The van der Waals surface area contributed by atoms with Crippen molar-refractivity contribution >= 4 is 11.9 Å². The molecule has 1 aliphatic heterocycles. The van der Waals surface area contributed by atoms with Crippen LogP contribution in [0.1, 0.15) is 24.8 Å². The molecule has 0 bridgehead atoms. The van der Waals surface area contributed by atoms with Crippen molar-refractivity contribution in [3.05, 3.63) is 35.6 Å². The monoisotopic (exact) mass is 335 g/mol. The maximum atomic E-state index is 12.8. The molecule has 0 unspecified atom stereocenters. The molecular weight excluding hydrogens is 309 g/mol. The molecule has 24 heavy (non-hydrogen) atoms. The molecule has 1 atom stereocenters. The van der Waals surface area contributed by atoms with E-state index in [0.717, 1.165) is 31.2 Å². The van der Waals surface area contributed by atoms with Crippen LogP contribution in [0.4, 0.5) is 9.18 Å². The lowest BCUT2D eigenvalue weighted by Gasteiger charge is -2.33. The standard InChI is InChI=1S/C18H26FN3O2/c1-21(2)18(24)22-12-4-6-15(13-22)17(23)20-11-3-5-14-7-9-16(19)10-8-14/h7-10,15H,3-6,11-13H2,1-2H3,(H,20,23)/t15-/m0/s1. The molecule has 2 rings (SSSR count). The Balaban J connectivity index is 1.71. The molecule has 5 nitrogen and oxygen atoms in total. The summed E-state index contributed by atoms with van der Waals surface area (Å²) < 4.78 is 12.8. The number of carbonyl (C=O) groups excluding carboxylic acids is 2. The van der Waals surface area contributed by atoms with Crippen molar-refractivity contribution in [3.8, 4) is 0 Å². The van der Waals surface area contributed by atoms with Gasteiger partial charge in [-0.05, 0) is 43.4 Å². The quantitative estimate of drug-likeness (QED) is 0.839. The summed E-state index contributed by atoms with van der Waals surface area (Å²) in [5, 5.41) is 2.96. The van der Waals surface area contributed by atoms with E-state index in [1.807, 2.05) is 0 Å². The molecule has 0 saturated carbocycles. The van der Waals surface area contributed by atoms with Crippen LogP contribution in [0.3, 0.4) is 0 Å². The number of hydrogen-bond donors (Lipinski definition) is 1. The largest absolute Gasteiger partial charge is 0.356 e. The summed E-state index contributed by atoms with van der Waals surface area (Å²) in [5.74, 6) is -0.347. The van der Waals surface area contributed by atoms with Crippen LogP contribution in [-0.4, -0.2) is 55.5 Å². The molecule has 0 aromatic heterocycles. The predicted octanol–water partition coefficient (Wildman–Crippen LogP) is 2.27. The van der Waals surface area contributed by atoms with Gasteiger partial charge in [-0.25, -0.2) is 9.18 Å². The topological polar surface area (TPSA) is 52.7 Å². The number of nitrogens with zero attached hydrogens (tertiary/aromatic N) is 2. The van der Waals surface area contributed by atoms with Crippen LogP contribution >= 0.6 is 0 Å². The Morgan fingerprint density at radius 3 is 2.67 bits per heavy atom. The van der Waals surface area contributed by atoms with Crippen molar-refractivity contribution in [2.45, 2.75) is 25.7 Å².